The van der Waals surface area contributed by atoms with Crippen LogP contribution in [0.1, 0.15) is 60.4 Å². The molecule has 0 spiro atoms. The maximum absolute atomic E-state index is 13.7. The highest BCUT2D eigenvalue weighted by Gasteiger charge is 2.38. The highest BCUT2D eigenvalue weighted by molar-refractivity contribution is 8.00. The summed E-state index contributed by atoms with van der Waals surface area (Å²) in [7, 11) is 1.91. The Hall–Kier alpha value is -3.47. The van der Waals surface area contributed by atoms with Gasteiger partial charge in [-0.3, -0.25) is 9.59 Å². The van der Waals surface area contributed by atoms with Crippen molar-refractivity contribution in [2.45, 2.75) is 61.0 Å². The van der Waals surface area contributed by atoms with Crippen molar-refractivity contribution in [1.29, 1.82) is 0 Å². The Kier molecular flexibility index (Phi) is 8.35. The van der Waals surface area contributed by atoms with Gasteiger partial charge in [-0.25, -0.2) is 4.98 Å². The zero-order chi connectivity index (χ0) is 29.3. The lowest BCUT2D eigenvalue weighted by Gasteiger charge is -2.42. The summed E-state index contributed by atoms with van der Waals surface area (Å²) in [5.41, 5.74) is -0.467. The third-order valence-electron chi connectivity index (χ3n) is 8.30. The molecule has 1 atom stereocenters. The number of thioether (sulfide) groups is 1. The van der Waals surface area contributed by atoms with Gasteiger partial charge in [0.05, 0.1) is 17.3 Å². The van der Waals surface area contributed by atoms with E-state index in [-0.39, 0.29) is 46.5 Å². The number of hydrogen-bond acceptors (Lipinski definition) is 6. The van der Waals surface area contributed by atoms with Crippen LogP contribution in [-0.2, 0) is 4.79 Å². The van der Waals surface area contributed by atoms with Crippen molar-refractivity contribution in [2.75, 3.05) is 31.6 Å². The van der Waals surface area contributed by atoms with Gasteiger partial charge < -0.3 is 19.8 Å². The van der Waals surface area contributed by atoms with Gasteiger partial charge in [-0.2, -0.15) is 13.2 Å². The summed E-state index contributed by atoms with van der Waals surface area (Å²) in [5.74, 6) is 0.121. The van der Waals surface area contributed by atoms with E-state index in [9.17, 15) is 27.9 Å². The fraction of sp³-hybridized carbons (Fsp3) is 0.433. The first kappa shape index (κ1) is 29.0. The molecule has 7 nitrogen and oxygen atoms in total. The van der Waals surface area contributed by atoms with Crippen LogP contribution in [0, 0.1) is 0 Å². The molecule has 3 heterocycles. The number of benzene rings is 1. The van der Waals surface area contributed by atoms with Gasteiger partial charge >= 0.3 is 5.51 Å². The molecule has 1 aliphatic carbocycles. The fourth-order valence-corrected chi connectivity index (χ4v) is 6.45. The Bertz CT molecular complexity index is 1360. The van der Waals surface area contributed by atoms with E-state index in [0.29, 0.717) is 44.0 Å². The monoisotopic (exact) mass is 586 g/mol. The highest BCUT2D eigenvalue weighted by Crippen LogP contribution is 2.42. The number of fused-ring (bicyclic) bond motifs is 1. The summed E-state index contributed by atoms with van der Waals surface area (Å²) >= 11 is -0.330. The quantitative estimate of drug-likeness (QED) is 0.327. The number of carbonyl (C=O) groups excluding carboxylic acids is 2. The van der Waals surface area contributed by atoms with Gasteiger partial charge in [0.1, 0.15) is 10.8 Å². The second kappa shape index (κ2) is 11.8. The molecule has 1 aromatic heterocycles. The third kappa shape index (κ3) is 6.24. The molecule has 0 bridgehead atoms. The number of alkyl halides is 3. The number of amides is 2. The number of anilines is 1. The van der Waals surface area contributed by atoms with Crippen molar-refractivity contribution < 1.29 is 27.9 Å². The molecule has 1 saturated carbocycles. The molecule has 5 rings (SSSR count). The summed E-state index contributed by atoms with van der Waals surface area (Å²) in [6, 6.07) is 7.98. The molecule has 0 radical (unpaired) electrons. The maximum Gasteiger partial charge on any atom is 0.447 e. The Morgan fingerprint density at radius 2 is 1.93 bits per heavy atom. The minimum Gasteiger partial charge on any atom is -0.506 e. The van der Waals surface area contributed by atoms with E-state index < -0.39 is 11.6 Å². The van der Waals surface area contributed by atoms with Gasteiger partial charge in [-0.05, 0) is 73.1 Å². The molecule has 218 valence electrons. The van der Waals surface area contributed by atoms with Gasteiger partial charge in [0.2, 0.25) is 5.91 Å². The topological polar surface area (TPSA) is 77.0 Å². The molecule has 2 aliphatic heterocycles. The van der Waals surface area contributed by atoms with E-state index in [2.05, 4.69) is 17.6 Å². The number of aromatic nitrogens is 1. The molecule has 2 aromatic rings. The number of aromatic hydroxyl groups is 1. The van der Waals surface area contributed by atoms with E-state index in [1.165, 1.54) is 30.8 Å². The van der Waals surface area contributed by atoms with E-state index in [0.717, 1.165) is 29.7 Å². The van der Waals surface area contributed by atoms with Crippen LogP contribution >= 0.6 is 11.8 Å². The van der Waals surface area contributed by atoms with Crippen molar-refractivity contribution in [3.63, 3.8) is 0 Å². The molecular weight excluding hydrogens is 553 g/mol. The lowest BCUT2D eigenvalue weighted by Crippen LogP contribution is -2.51. The van der Waals surface area contributed by atoms with Crippen LogP contribution in [0.5, 0.6) is 5.75 Å². The number of pyridine rings is 1. The van der Waals surface area contributed by atoms with Crippen LogP contribution in [0.4, 0.5) is 18.9 Å². The molecule has 1 saturated heterocycles. The average molecular weight is 587 g/mol. The van der Waals surface area contributed by atoms with Crippen molar-refractivity contribution in [1.82, 2.24) is 14.8 Å². The Labute approximate surface area is 241 Å². The number of rotatable bonds is 6. The molecular formula is C30H33F3N4O3S. The number of likely N-dealkylation sites (tertiary alicyclic amines) is 1. The number of carbonyl (C=O) groups is 2. The van der Waals surface area contributed by atoms with Crippen LogP contribution in [0.3, 0.4) is 0 Å². The Morgan fingerprint density at radius 1 is 1.15 bits per heavy atom. The SMILES string of the molecule is C=CC(=O)N1CCCC2=C(N(C)c3ccc(C4CCC4)cc3O)CCN(C(=O)c3ccc(SC(F)(F)F)nc3)C2C1. The first-order valence-electron chi connectivity index (χ1n) is 13.8. The lowest BCUT2D eigenvalue weighted by molar-refractivity contribution is -0.126. The van der Waals surface area contributed by atoms with Crippen molar-refractivity contribution in [3.05, 3.63) is 71.6 Å². The molecule has 11 heteroatoms. The number of halogens is 3. The molecule has 3 aliphatic rings. The smallest absolute Gasteiger partial charge is 0.447 e. The van der Waals surface area contributed by atoms with E-state index in [1.54, 1.807) is 9.80 Å². The highest BCUT2D eigenvalue weighted by atomic mass is 32.2. The summed E-state index contributed by atoms with van der Waals surface area (Å²) in [4.78, 5) is 35.5. The van der Waals surface area contributed by atoms with Crippen molar-refractivity contribution >= 4 is 29.3 Å². The zero-order valence-electron chi connectivity index (χ0n) is 22.9. The van der Waals surface area contributed by atoms with E-state index >= 15 is 0 Å². The van der Waals surface area contributed by atoms with Crippen LogP contribution in [0.2, 0.25) is 0 Å². The molecule has 2 fully saturated rings. The van der Waals surface area contributed by atoms with Crippen LogP contribution in [-0.4, -0.2) is 69.9 Å². The average Bonchev–Trinajstić information content (AvgIpc) is 3.13. The fourth-order valence-electron chi connectivity index (χ4n) is 5.98. The molecule has 2 amide bonds. The largest absolute Gasteiger partial charge is 0.506 e. The number of nitrogens with zero attached hydrogens (tertiary/aromatic N) is 4. The molecule has 1 unspecified atom stereocenters. The van der Waals surface area contributed by atoms with Crippen LogP contribution in [0.15, 0.2) is 65.5 Å². The first-order valence-corrected chi connectivity index (χ1v) is 14.6. The van der Waals surface area contributed by atoms with Gasteiger partial charge in [0, 0.05) is 56.8 Å². The van der Waals surface area contributed by atoms with E-state index in [1.807, 2.05) is 24.1 Å². The van der Waals surface area contributed by atoms with E-state index in [4.69, 9.17) is 0 Å². The number of phenolic OH excluding ortho intramolecular Hbond substituents is 1. The lowest BCUT2D eigenvalue weighted by atomic mass is 9.80. The predicted octanol–water partition coefficient (Wildman–Crippen LogP) is 6.08. The second-order valence-electron chi connectivity index (χ2n) is 10.7. The van der Waals surface area contributed by atoms with Gasteiger partial charge in [0.15, 0.2) is 0 Å². The number of phenols is 1. The standard InChI is InChI=1S/C30H33F3N4O3S/c1-3-28(39)36-14-5-8-22-23(35(2)24-11-9-20(16-26(24)38)19-6-4-7-19)13-15-37(25(22)18-36)29(40)21-10-12-27(34-17-21)41-30(31,32)33/h3,9-12,16-17,19,25,38H,1,4-8,13-15,18H2,2H3. The molecule has 1 aromatic carbocycles. The number of hydrogen-bond donors (Lipinski definition) is 1. The second-order valence-corrected chi connectivity index (χ2v) is 11.8. The summed E-state index contributed by atoms with van der Waals surface area (Å²) in [5, 5.41) is 10.7. The molecule has 1 N–H and O–H groups in total. The minimum absolute atomic E-state index is 0.183. The minimum atomic E-state index is -4.47. The summed E-state index contributed by atoms with van der Waals surface area (Å²) < 4.78 is 38.3. The third-order valence-corrected chi connectivity index (χ3v) is 8.98. The van der Waals surface area contributed by atoms with Gasteiger partial charge in [-0.1, -0.05) is 19.1 Å². The predicted molar refractivity (Wildman–Crippen MR) is 152 cm³/mol. The summed E-state index contributed by atoms with van der Waals surface area (Å²) in [6.45, 7) is 4.73. The first-order chi connectivity index (χ1) is 19.6. The zero-order valence-corrected chi connectivity index (χ0v) is 23.7. The van der Waals surface area contributed by atoms with Crippen molar-refractivity contribution in [2.24, 2.45) is 0 Å². The Balaban J connectivity index is 1.46. The van der Waals surface area contributed by atoms with Gasteiger partial charge in [-0.15, -0.1) is 0 Å². The summed E-state index contributed by atoms with van der Waals surface area (Å²) in [6.07, 6.45) is 7.77. The normalized spacial score (nSPS) is 19.8. The Morgan fingerprint density at radius 3 is 2.54 bits per heavy atom. The van der Waals surface area contributed by atoms with Crippen molar-refractivity contribution in [3.8, 4) is 5.75 Å². The van der Waals surface area contributed by atoms with Crippen LogP contribution in [0.25, 0.3) is 0 Å². The molecule has 41 heavy (non-hydrogen) atoms. The maximum atomic E-state index is 13.7. The van der Waals surface area contributed by atoms with Crippen LogP contribution < -0.4 is 4.90 Å². The van der Waals surface area contributed by atoms with Gasteiger partial charge in [0.25, 0.3) is 5.91 Å².